The van der Waals surface area contributed by atoms with Crippen LogP contribution in [0.1, 0.15) is 79.6 Å². The zero-order valence-corrected chi connectivity index (χ0v) is 49.2. The van der Waals surface area contributed by atoms with Gasteiger partial charge in [0.25, 0.3) is 0 Å². The lowest BCUT2D eigenvalue weighted by Gasteiger charge is -2.47. The van der Waals surface area contributed by atoms with Crippen LogP contribution in [-0.2, 0) is 56.8 Å². The van der Waals surface area contributed by atoms with Crippen LogP contribution in [0.2, 0.25) is 0 Å². The van der Waals surface area contributed by atoms with E-state index in [9.17, 15) is 97.0 Å². The molecule has 0 aromatic rings. The highest BCUT2D eigenvalue weighted by Gasteiger charge is 2.55. The molecule has 31 atom stereocenters. The second kappa shape index (κ2) is 33.4. The second-order valence-electron chi connectivity index (χ2n) is 23.1. The Kier molecular flexibility index (Phi) is 28.3. The van der Waals surface area contributed by atoms with Crippen molar-refractivity contribution < 1.29 is 154 Å². The Bertz CT molecular complexity index is 2170. The molecule has 0 spiro atoms. The lowest BCUT2D eigenvalue weighted by molar-refractivity contribution is -0.375. The molecule has 6 fully saturated rings. The zero-order chi connectivity index (χ0) is 64.4. The van der Waals surface area contributed by atoms with Gasteiger partial charge in [-0.05, 0) is 78.7 Å². The van der Waals surface area contributed by atoms with Crippen molar-refractivity contribution in [2.24, 2.45) is 0 Å². The molecular formula is C56H94O31. The highest BCUT2D eigenvalue weighted by atomic mass is 16.8. The highest BCUT2D eigenvalue weighted by Crippen LogP contribution is 2.36. The monoisotopic (exact) mass is 1260 g/mol. The third kappa shape index (κ3) is 18.0. The Balaban J connectivity index is 1.01. The van der Waals surface area contributed by atoms with Crippen LogP contribution in [0.25, 0.3) is 0 Å². The van der Waals surface area contributed by atoms with Crippen LogP contribution in [0.3, 0.4) is 0 Å². The van der Waals surface area contributed by atoms with E-state index < -0.39 is 223 Å². The van der Waals surface area contributed by atoms with Crippen molar-refractivity contribution in [3.05, 3.63) is 47.8 Å². The van der Waals surface area contributed by atoms with Crippen LogP contribution in [0.5, 0.6) is 0 Å². The van der Waals surface area contributed by atoms with Crippen LogP contribution in [0.15, 0.2) is 47.8 Å². The Hall–Kier alpha value is -2.44. The first-order valence-corrected chi connectivity index (χ1v) is 29.3. The summed E-state index contributed by atoms with van der Waals surface area (Å²) in [5.74, 6) is 0.272. The SMILES string of the molecule is C=C[C@](C)(CC/C=C(\CC)CC/C=C(\C)CC/C=C(/C)O[C@@H]1O[C@H](CO)[C@@H](O)[C@H](O)[C@H]1O[C@@H]1O[C@H](CO[C@@H]2O[C@@H](C)[C@H](O)[C@@H](O[C@@H]3O[C@H](CO)[C@@H](O)[C@H](O)[C@H]3O)[C@H]2O)[C@@H](O)[C@H](O)[C@H]1O)O[C@@H]1O[C@H](CO)[C@@H](O)[C@H](O)[C@H]1O[C@@H]1O[C@H](CO)[C@@H](O)[C@H](O)[C@H]1O. The Morgan fingerprint density at radius 3 is 1.36 bits per heavy atom. The topological polar surface area (TPSA) is 495 Å². The summed E-state index contributed by atoms with van der Waals surface area (Å²) in [6.45, 7) is 8.89. The smallest absolute Gasteiger partial charge is 0.229 e. The molecule has 31 nitrogen and oxygen atoms in total. The molecule has 0 aliphatic carbocycles. The molecule has 6 aliphatic rings. The van der Waals surface area contributed by atoms with Gasteiger partial charge < -0.3 is 154 Å². The molecule has 0 aromatic heterocycles. The van der Waals surface area contributed by atoms with Gasteiger partial charge in [0.05, 0.1) is 50.5 Å². The lowest BCUT2D eigenvalue weighted by Crippen LogP contribution is -2.65. The second-order valence-corrected chi connectivity index (χ2v) is 23.1. The van der Waals surface area contributed by atoms with E-state index in [1.807, 2.05) is 13.8 Å². The number of aliphatic hydroxyl groups excluding tert-OH is 19. The Labute approximate surface area is 502 Å². The minimum atomic E-state index is -1.99. The first kappa shape index (κ1) is 73.6. The molecule has 0 bridgehead atoms. The summed E-state index contributed by atoms with van der Waals surface area (Å²) in [4.78, 5) is 0. The molecule has 6 heterocycles. The van der Waals surface area contributed by atoms with Gasteiger partial charge in [0, 0.05) is 0 Å². The van der Waals surface area contributed by atoms with E-state index in [0.717, 1.165) is 17.6 Å². The van der Waals surface area contributed by atoms with Crippen LogP contribution in [0, 0.1) is 0 Å². The van der Waals surface area contributed by atoms with Crippen LogP contribution < -0.4 is 0 Å². The molecule has 6 rings (SSSR count). The molecule has 31 heteroatoms. The van der Waals surface area contributed by atoms with Crippen molar-refractivity contribution in [1.82, 2.24) is 0 Å². The molecule has 504 valence electrons. The number of aliphatic hydroxyl groups is 19. The molecule has 0 amide bonds. The fourth-order valence-electron chi connectivity index (χ4n) is 10.9. The van der Waals surface area contributed by atoms with Crippen molar-refractivity contribution in [3.8, 4) is 0 Å². The summed E-state index contributed by atoms with van der Waals surface area (Å²) in [7, 11) is 0. The van der Waals surface area contributed by atoms with Gasteiger partial charge in [-0.1, -0.05) is 36.3 Å². The largest absolute Gasteiger partial charge is 0.467 e. The number of hydrogen-bond acceptors (Lipinski definition) is 31. The Morgan fingerprint density at radius 1 is 0.448 bits per heavy atom. The predicted octanol–water partition coefficient (Wildman–Crippen LogP) is -6.58. The van der Waals surface area contributed by atoms with Gasteiger partial charge in [0.15, 0.2) is 37.6 Å². The van der Waals surface area contributed by atoms with Gasteiger partial charge in [-0.3, -0.25) is 0 Å². The summed E-state index contributed by atoms with van der Waals surface area (Å²) >= 11 is 0. The maximum Gasteiger partial charge on any atom is 0.229 e. The molecule has 0 radical (unpaired) electrons. The quantitative estimate of drug-likeness (QED) is 0.0256. The van der Waals surface area contributed by atoms with Crippen molar-refractivity contribution in [1.29, 1.82) is 0 Å². The molecule has 19 N–H and O–H groups in total. The summed E-state index contributed by atoms with van der Waals surface area (Å²) in [5, 5.41) is 200. The molecule has 0 unspecified atom stereocenters. The lowest BCUT2D eigenvalue weighted by atomic mass is 9.95. The number of rotatable bonds is 28. The maximum absolute atomic E-state index is 11.3. The van der Waals surface area contributed by atoms with Crippen LogP contribution >= 0.6 is 0 Å². The van der Waals surface area contributed by atoms with Crippen molar-refractivity contribution in [3.63, 3.8) is 0 Å². The van der Waals surface area contributed by atoms with Gasteiger partial charge >= 0.3 is 0 Å². The zero-order valence-electron chi connectivity index (χ0n) is 49.2. The van der Waals surface area contributed by atoms with Gasteiger partial charge in [-0.15, -0.1) is 6.58 Å². The van der Waals surface area contributed by atoms with Gasteiger partial charge in [0.2, 0.25) is 6.29 Å². The molecule has 6 saturated heterocycles. The van der Waals surface area contributed by atoms with Crippen LogP contribution in [0.4, 0.5) is 0 Å². The molecule has 6 aliphatic heterocycles. The van der Waals surface area contributed by atoms with E-state index in [1.165, 1.54) is 13.0 Å². The van der Waals surface area contributed by atoms with Gasteiger partial charge in [-0.25, -0.2) is 0 Å². The fraction of sp³-hybridized carbons (Fsp3) is 0.857. The Morgan fingerprint density at radius 2 is 0.874 bits per heavy atom. The standard InChI is InChI=1S/C56H94O31/c1-7-26(16-11-17-56(6,8-2)87-55-49(42(71)36(65)30(21-60)82-55)86-52-44(73)39(68)34(63)28(19-58)80-52)15-10-13-23(3)12-9-14-24(4)77-54-48(41(70)35(64)29(20-59)81-54)85-53-45(74)40(69)37(66)31(83-53)22-76-50-46(75)47(32(61)25(5)78-50)84-51-43(72)38(67)33(62)27(18-57)79-51/h8,13-14,16,25,27-55,57-75H,2,7,9-12,15,17-22H2,1,3-6H3/b23-13+,24-14-,26-16+/t25-,27+,28+,29+,30+,31+,32-,33+,34+,35+,36+,37+,38-,39-,40-,41-,42-,43+,44+,45+,46+,47+,48+,49+,50+,51-,52-,53-,54+,55-,56+/m0/s1. The van der Waals surface area contributed by atoms with Gasteiger partial charge in [-0.2, -0.15) is 0 Å². The summed E-state index contributed by atoms with van der Waals surface area (Å²) in [6.07, 6.45) is -38.6. The minimum Gasteiger partial charge on any atom is -0.467 e. The first-order chi connectivity index (χ1) is 41.2. The van der Waals surface area contributed by atoms with Crippen molar-refractivity contribution in [2.75, 3.05) is 33.0 Å². The number of hydrogen-bond donors (Lipinski definition) is 19. The van der Waals surface area contributed by atoms with E-state index >= 15 is 0 Å². The minimum absolute atomic E-state index is 0.272. The molecule has 87 heavy (non-hydrogen) atoms. The molecule has 0 saturated carbocycles. The first-order valence-electron chi connectivity index (χ1n) is 29.3. The highest BCUT2D eigenvalue weighted by molar-refractivity contribution is 5.09. The third-order valence-corrected chi connectivity index (χ3v) is 16.7. The average Bonchev–Trinajstić information content (AvgIpc) is 1.44. The summed E-state index contributed by atoms with van der Waals surface area (Å²) in [5.41, 5.74) is 1.03. The van der Waals surface area contributed by atoms with Crippen molar-refractivity contribution >= 4 is 0 Å². The number of allylic oxidation sites excluding steroid dienone is 6. The summed E-state index contributed by atoms with van der Waals surface area (Å²) < 4.78 is 69.4. The number of ether oxygens (including phenoxy) is 12. The van der Waals surface area contributed by atoms with E-state index in [-0.39, 0.29) is 5.76 Å². The van der Waals surface area contributed by atoms with E-state index in [1.54, 1.807) is 19.9 Å². The maximum atomic E-state index is 11.3. The average molecular weight is 1260 g/mol. The normalized spacial score (nSPS) is 45.2. The molecular weight excluding hydrogens is 1170 g/mol. The van der Waals surface area contributed by atoms with Crippen molar-refractivity contribution in [2.45, 2.75) is 269 Å². The van der Waals surface area contributed by atoms with E-state index in [0.29, 0.717) is 38.5 Å². The van der Waals surface area contributed by atoms with E-state index in [2.05, 4.69) is 18.7 Å². The molecule has 0 aromatic carbocycles. The fourth-order valence-corrected chi connectivity index (χ4v) is 10.9. The van der Waals surface area contributed by atoms with Gasteiger partial charge in [0.1, 0.15) is 134 Å². The van der Waals surface area contributed by atoms with E-state index in [4.69, 9.17) is 56.8 Å². The third-order valence-electron chi connectivity index (χ3n) is 16.7. The van der Waals surface area contributed by atoms with Crippen LogP contribution in [-0.4, -0.2) is 320 Å². The predicted molar refractivity (Wildman–Crippen MR) is 291 cm³/mol. The summed E-state index contributed by atoms with van der Waals surface area (Å²) in [6, 6.07) is 0.